The fraction of sp³-hybridized carbons (Fsp3) is 0.400. The van der Waals surface area contributed by atoms with Crippen LogP contribution in [0.1, 0.15) is 12.8 Å². The Kier molecular flexibility index (Phi) is 3.76. The minimum atomic E-state index is -0.517. The maximum absolute atomic E-state index is 11.0. The number of piperidine rings is 1. The first-order chi connectivity index (χ1) is 9.10. The SMILES string of the molecule is NNc1ccc([N+](=O)[O-])c(NC2CCC(=O)NC2)n1. The maximum atomic E-state index is 11.0. The van der Waals surface area contributed by atoms with Crippen LogP contribution in [0.15, 0.2) is 12.1 Å². The molecule has 0 aliphatic carbocycles. The summed E-state index contributed by atoms with van der Waals surface area (Å²) < 4.78 is 0. The Bertz CT molecular complexity index is 496. The third kappa shape index (κ3) is 3.07. The number of pyridine rings is 1. The summed E-state index contributed by atoms with van der Waals surface area (Å²) in [6.07, 6.45) is 0.991. The number of nitrogens with zero attached hydrogens (tertiary/aromatic N) is 2. The zero-order chi connectivity index (χ0) is 13.8. The molecule has 2 heterocycles. The zero-order valence-electron chi connectivity index (χ0n) is 10.0. The molecule has 9 nitrogen and oxygen atoms in total. The Morgan fingerprint density at radius 2 is 2.32 bits per heavy atom. The molecular weight excluding hydrogens is 252 g/mol. The van der Waals surface area contributed by atoms with Crippen LogP contribution >= 0.6 is 0 Å². The van der Waals surface area contributed by atoms with Crippen molar-refractivity contribution in [1.82, 2.24) is 10.3 Å². The van der Waals surface area contributed by atoms with Crippen LogP contribution in [0.3, 0.4) is 0 Å². The summed E-state index contributed by atoms with van der Waals surface area (Å²) in [6.45, 7) is 0.415. The van der Waals surface area contributed by atoms with Crippen molar-refractivity contribution in [3.8, 4) is 0 Å². The lowest BCUT2D eigenvalue weighted by atomic mass is 10.1. The summed E-state index contributed by atoms with van der Waals surface area (Å²) in [7, 11) is 0. The summed E-state index contributed by atoms with van der Waals surface area (Å²) in [6, 6.07) is 2.66. The number of rotatable bonds is 4. The highest BCUT2D eigenvalue weighted by atomic mass is 16.6. The van der Waals surface area contributed by atoms with Crippen LogP contribution in [0.5, 0.6) is 0 Å². The molecule has 0 saturated carbocycles. The number of nitrogens with one attached hydrogen (secondary N) is 3. The molecule has 1 atom stereocenters. The number of amides is 1. The van der Waals surface area contributed by atoms with Gasteiger partial charge < -0.3 is 16.1 Å². The van der Waals surface area contributed by atoms with Crippen molar-refractivity contribution < 1.29 is 9.72 Å². The van der Waals surface area contributed by atoms with Crippen molar-refractivity contribution in [3.63, 3.8) is 0 Å². The molecule has 2 rings (SSSR count). The second-order valence-corrected chi connectivity index (χ2v) is 4.15. The number of aromatic nitrogens is 1. The van der Waals surface area contributed by atoms with E-state index in [4.69, 9.17) is 5.84 Å². The van der Waals surface area contributed by atoms with Crippen LogP contribution in [-0.4, -0.2) is 28.4 Å². The summed E-state index contributed by atoms with van der Waals surface area (Å²) in [5.74, 6) is 5.68. The van der Waals surface area contributed by atoms with E-state index in [1.807, 2.05) is 0 Å². The lowest BCUT2D eigenvalue weighted by Gasteiger charge is -2.23. The Labute approximate surface area is 108 Å². The molecular formula is C10H14N6O3. The smallest absolute Gasteiger partial charge is 0.311 e. The Balaban J connectivity index is 2.17. The van der Waals surface area contributed by atoms with Gasteiger partial charge in [-0.3, -0.25) is 14.9 Å². The second kappa shape index (κ2) is 5.48. The van der Waals surface area contributed by atoms with E-state index in [-0.39, 0.29) is 23.5 Å². The van der Waals surface area contributed by atoms with Gasteiger partial charge in [-0.25, -0.2) is 10.8 Å². The number of anilines is 2. The third-order valence-electron chi connectivity index (χ3n) is 2.82. The van der Waals surface area contributed by atoms with Gasteiger partial charge in [-0.15, -0.1) is 0 Å². The molecule has 102 valence electrons. The van der Waals surface area contributed by atoms with Gasteiger partial charge in [-0.2, -0.15) is 0 Å². The molecule has 5 N–H and O–H groups in total. The van der Waals surface area contributed by atoms with E-state index in [0.29, 0.717) is 25.2 Å². The van der Waals surface area contributed by atoms with Crippen molar-refractivity contribution in [2.75, 3.05) is 17.3 Å². The monoisotopic (exact) mass is 266 g/mol. The van der Waals surface area contributed by atoms with Crippen molar-refractivity contribution in [2.45, 2.75) is 18.9 Å². The van der Waals surface area contributed by atoms with Gasteiger partial charge in [0.05, 0.1) is 4.92 Å². The van der Waals surface area contributed by atoms with Crippen LogP contribution in [0.2, 0.25) is 0 Å². The molecule has 1 aliphatic rings. The first-order valence-electron chi connectivity index (χ1n) is 5.75. The standard InChI is InChI=1S/C10H14N6O3/c11-15-8-3-2-7(16(18)19)10(14-8)13-6-1-4-9(17)12-5-6/h2-3,6H,1,4-5,11H2,(H,12,17)(H2,13,14,15). The predicted octanol–water partition coefficient (Wildman–Crippen LogP) is -0.0341. The second-order valence-electron chi connectivity index (χ2n) is 4.15. The number of nitrogens with two attached hydrogens (primary N) is 1. The molecule has 1 saturated heterocycles. The van der Waals surface area contributed by atoms with Crippen LogP contribution in [0, 0.1) is 10.1 Å². The minimum Gasteiger partial charge on any atom is -0.360 e. The van der Waals surface area contributed by atoms with Crippen molar-refractivity contribution in [2.24, 2.45) is 5.84 Å². The zero-order valence-corrected chi connectivity index (χ0v) is 10.0. The van der Waals surface area contributed by atoms with Crippen molar-refractivity contribution in [1.29, 1.82) is 0 Å². The van der Waals surface area contributed by atoms with Gasteiger partial charge >= 0.3 is 5.69 Å². The van der Waals surface area contributed by atoms with E-state index in [2.05, 4.69) is 21.0 Å². The molecule has 1 aliphatic heterocycles. The van der Waals surface area contributed by atoms with E-state index in [9.17, 15) is 14.9 Å². The topological polar surface area (TPSA) is 135 Å². The highest BCUT2D eigenvalue weighted by molar-refractivity contribution is 5.77. The number of hydrazine groups is 1. The van der Waals surface area contributed by atoms with Crippen LogP contribution in [0.4, 0.5) is 17.3 Å². The fourth-order valence-corrected chi connectivity index (χ4v) is 1.84. The summed E-state index contributed by atoms with van der Waals surface area (Å²) in [5, 5.41) is 16.6. The molecule has 0 radical (unpaired) electrons. The summed E-state index contributed by atoms with van der Waals surface area (Å²) in [5.41, 5.74) is 2.21. The Morgan fingerprint density at radius 1 is 1.53 bits per heavy atom. The van der Waals surface area contributed by atoms with Gasteiger partial charge in [0.2, 0.25) is 11.7 Å². The fourth-order valence-electron chi connectivity index (χ4n) is 1.84. The molecule has 0 spiro atoms. The molecule has 9 heteroatoms. The van der Waals surface area contributed by atoms with Gasteiger partial charge in [0, 0.05) is 25.1 Å². The highest BCUT2D eigenvalue weighted by Crippen LogP contribution is 2.25. The third-order valence-corrected chi connectivity index (χ3v) is 2.82. The van der Waals surface area contributed by atoms with E-state index in [0.717, 1.165) is 0 Å². The van der Waals surface area contributed by atoms with Gasteiger partial charge in [-0.05, 0) is 12.5 Å². The van der Waals surface area contributed by atoms with Crippen LogP contribution in [-0.2, 0) is 4.79 Å². The van der Waals surface area contributed by atoms with Gasteiger partial charge in [0.1, 0.15) is 5.82 Å². The number of nitro groups is 1. The highest BCUT2D eigenvalue weighted by Gasteiger charge is 2.22. The van der Waals surface area contributed by atoms with Gasteiger partial charge in [0.15, 0.2) is 0 Å². The molecule has 1 unspecified atom stereocenters. The van der Waals surface area contributed by atoms with E-state index in [1.54, 1.807) is 0 Å². The van der Waals surface area contributed by atoms with Crippen molar-refractivity contribution >= 4 is 23.2 Å². The molecule has 1 fully saturated rings. The largest absolute Gasteiger partial charge is 0.360 e. The average molecular weight is 266 g/mol. The van der Waals surface area contributed by atoms with E-state index in [1.165, 1.54) is 12.1 Å². The first-order valence-corrected chi connectivity index (χ1v) is 5.75. The summed E-state index contributed by atoms with van der Waals surface area (Å²) >= 11 is 0. The summed E-state index contributed by atoms with van der Waals surface area (Å²) in [4.78, 5) is 25.5. The number of nitrogen functional groups attached to an aromatic ring is 1. The average Bonchev–Trinajstić information content (AvgIpc) is 2.41. The lowest BCUT2D eigenvalue weighted by Crippen LogP contribution is -2.42. The van der Waals surface area contributed by atoms with E-state index >= 15 is 0 Å². The number of hydrogen-bond acceptors (Lipinski definition) is 7. The Hall–Kier alpha value is -2.42. The lowest BCUT2D eigenvalue weighted by molar-refractivity contribution is -0.384. The molecule has 1 aromatic heterocycles. The van der Waals surface area contributed by atoms with Crippen LogP contribution in [0.25, 0.3) is 0 Å². The quantitative estimate of drug-likeness (QED) is 0.341. The molecule has 1 aromatic rings. The molecule has 0 aromatic carbocycles. The normalized spacial score (nSPS) is 18.6. The predicted molar refractivity (Wildman–Crippen MR) is 68.4 cm³/mol. The number of carbonyl (C=O) groups excluding carboxylic acids is 1. The van der Waals surface area contributed by atoms with Crippen molar-refractivity contribution in [3.05, 3.63) is 22.2 Å². The molecule has 1 amide bonds. The molecule has 19 heavy (non-hydrogen) atoms. The number of hydrogen-bond donors (Lipinski definition) is 4. The van der Waals surface area contributed by atoms with Gasteiger partial charge in [0.25, 0.3) is 0 Å². The minimum absolute atomic E-state index is 0.0158. The maximum Gasteiger partial charge on any atom is 0.311 e. The molecule has 0 bridgehead atoms. The van der Waals surface area contributed by atoms with Gasteiger partial charge in [-0.1, -0.05) is 0 Å². The van der Waals surface area contributed by atoms with Crippen LogP contribution < -0.4 is 21.9 Å². The number of carbonyl (C=O) groups is 1. The first kappa shape index (κ1) is 13.0. The van der Waals surface area contributed by atoms with E-state index < -0.39 is 4.92 Å². The Morgan fingerprint density at radius 3 is 2.89 bits per heavy atom.